The summed E-state index contributed by atoms with van der Waals surface area (Å²) in [6, 6.07) is 39.8. The topological polar surface area (TPSA) is 6.48 Å². The third-order valence-corrected chi connectivity index (χ3v) is 6.72. The predicted molar refractivity (Wildman–Crippen MR) is 190 cm³/mol. The van der Waals surface area contributed by atoms with Gasteiger partial charge in [-0.15, -0.1) is 0 Å². The van der Waals surface area contributed by atoms with Crippen LogP contribution in [-0.4, -0.2) is 0 Å². The SMILES string of the molecule is C=C/C=C1\C(=C/C)N(c2ccccc2)C(/C=C\C)=C(C=C)N1c1cccc(-c2ccccc2)c1.CC.Cc1ccccc1. The first kappa shape index (κ1) is 32.4. The summed E-state index contributed by atoms with van der Waals surface area (Å²) in [7, 11) is 0. The fourth-order valence-electron chi connectivity index (χ4n) is 4.90. The highest BCUT2D eigenvalue weighted by Crippen LogP contribution is 2.42. The van der Waals surface area contributed by atoms with Crippen LogP contribution in [0, 0.1) is 6.92 Å². The van der Waals surface area contributed by atoms with Crippen LogP contribution >= 0.6 is 0 Å². The second kappa shape index (κ2) is 17.0. The van der Waals surface area contributed by atoms with Crippen molar-refractivity contribution in [1.82, 2.24) is 0 Å². The molecule has 1 aliphatic rings. The summed E-state index contributed by atoms with van der Waals surface area (Å²) in [4.78, 5) is 4.55. The summed E-state index contributed by atoms with van der Waals surface area (Å²) in [6.07, 6.45) is 12.2. The van der Waals surface area contributed by atoms with Crippen molar-refractivity contribution in [3.8, 4) is 11.1 Å². The minimum Gasteiger partial charge on any atom is -0.307 e. The Labute approximate surface area is 259 Å². The van der Waals surface area contributed by atoms with Crippen LogP contribution in [0.1, 0.15) is 33.3 Å². The van der Waals surface area contributed by atoms with Gasteiger partial charge in [-0.05, 0) is 74.4 Å². The van der Waals surface area contributed by atoms with Crippen LogP contribution in [0.25, 0.3) is 11.1 Å². The van der Waals surface area contributed by atoms with Crippen molar-refractivity contribution in [3.05, 3.63) is 193 Å². The Bertz CT molecular complexity index is 1570. The average molecular weight is 565 g/mol. The lowest BCUT2D eigenvalue weighted by molar-refractivity contribution is 0.953. The van der Waals surface area contributed by atoms with Gasteiger partial charge in [0, 0.05) is 11.4 Å². The van der Waals surface area contributed by atoms with Crippen LogP contribution in [-0.2, 0) is 0 Å². The molecule has 5 rings (SSSR count). The summed E-state index contributed by atoms with van der Waals surface area (Å²) in [5.74, 6) is 0. The second-order valence-corrected chi connectivity index (χ2v) is 9.51. The number of hydrogen-bond acceptors (Lipinski definition) is 2. The molecule has 0 radical (unpaired) electrons. The van der Waals surface area contributed by atoms with Crippen LogP contribution in [0.4, 0.5) is 11.4 Å². The predicted octanol–water partition coefficient (Wildman–Crippen LogP) is 11.6. The molecule has 0 saturated carbocycles. The van der Waals surface area contributed by atoms with Crippen LogP contribution in [0.15, 0.2) is 188 Å². The molecule has 43 heavy (non-hydrogen) atoms. The molecule has 0 bridgehead atoms. The van der Waals surface area contributed by atoms with E-state index in [4.69, 9.17) is 0 Å². The molecular weight excluding hydrogens is 520 g/mol. The molecule has 0 atom stereocenters. The summed E-state index contributed by atoms with van der Waals surface area (Å²) >= 11 is 0. The molecule has 0 fully saturated rings. The quantitative estimate of drug-likeness (QED) is 0.230. The van der Waals surface area contributed by atoms with Crippen LogP contribution < -0.4 is 9.80 Å². The van der Waals surface area contributed by atoms with E-state index < -0.39 is 0 Å². The standard InChI is InChI=1S/C32H30N2.C7H8.C2H6/c1-5-16-31-30(8-4)34(28-23-15-20-26(24-28)25-18-11-9-12-19-25)32(17-6-2)29(7-3)33(31)27-21-13-10-14-22-27;1-7-5-3-2-4-6-7;1-2/h5-24H,2,4H2,1,3H3;2-6H,1H3;1-2H3/b16-5-,29-7+,32-17+;;. The molecule has 0 N–H and O–H groups in total. The molecule has 0 amide bonds. The molecule has 2 nitrogen and oxygen atoms in total. The van der Waals surface area contributed by atoms with Crippen molar-refractivity contribution < 1.29 is 0 Å². The van der Waals surface area contributed by atoms with Gasteiger partial charge in [0.15, 0.2) is 0 Å². The summed E-state index contributed by atoms with van der Waals surface area (Å²) in [5.41, 5.74) is 10.0. The normalized spacial score (nSPS) is 14.6. The lowest BCUT2D eigenvalue weighted by Crippen LogP contribution is -2.38. The zero-order valence-corrected chi connectivity index (χ0v) is 26.2. The van der Waals surface area contributed by atoms with Gasteiger partial charge in [-0.2, -0.15) is 0 Å². The van der Waals surface area contributed by atoms with Gasteiger partial charge in [0.25, 0.3) is 0 Å². The molecule has 0 aromatic heterocycles. The van der Waals surface area contributed by atoms with E-state index in [9.17, 15) is 0 Å². The summed E-state index contributed by atoms with van der Waals surface area (Å²) in [6.45, 7) is 18.4. The number of allylic oxidation sites excluding steroid dienone is 6. The van der Waals surface area contributed by atoms with Gasteiger partial charge in [-0.25, -0.2) is 0 Å². The number of benzene rings is 4. The maximum atomic E-state index is 4.21. The Morgan fingerprint density at radius 1 is 0.581 bits per heavy atom. The minimum atomic E-state index is 1.01. The van der Waals surface area contributed by atoms with Gasteiger partial charge in [0.2, 0.25) is 0 Å². The van der Waals surface area contributed by atoms with E-state index in [0.717, 1.165) is 34.2 Å². The molecule has 4 aromatic rings. The van der Waals surface area contributed by atoms with Gasteiger partial charge in [-0.1, -0.05) is 142 Å². The number of aryl methyl sites for hydroxylation is 1. The van der Waals surface area contributed by atoms with Crippen molar-refractivity contribution in [2.75, 3.05) is 9.80 Å². The van der Waals surface area contributed by atoms with Crippen molar-refractivity contribution in [2.45, 2.75) is 34.6 Å². The van der Waals surface area contributed by atoms with Crippen molar-refractivity contribution in [2.24, 2.45) is 0 Å². The van der Waals surface area contributed by atoms with Gasteiger partial charge < -0.3 is 9.80 Å². The fraction of sp³-hybridized carbons (Fsp3) is 0.122. The van der Waals surface area contributed by atoms with Gasteiger partial charge in [-0.3, -0.25) is 0 Å². The molecule has 0 spiro atoms. The minimum absolute atomic E-state index is 1.01. The Morgan fingerprint density at radius 2 is 1.12 bits per heavy atom. The molecular formula is C41H44N2. The molecule has 0 aliphatic carbocycles. The average Bonchev–Trinajstić information content (AvgIpc) is 3.07. The molecule has 218 valence electrons. The number of hydrogen-bond donors (Lipinski definition) is 0. The third kappa shape index (κ3) is 8.02. The zero-order valence-electron chi connectivity index (χ0n) is 26.2. The van der Waals surface area contributed by atoms with E-state index in [1.807, 2.05) is 63.3 Å². The monoisotopic (exact) mass is 564 g/mol. The Kier molecular flexibility index (Phi) is 12.8. The Balaban J connectivity index is 0.000000487. The Morgan fingerprint density at radius 3 is 1.63 bits per heavy atom. The van der Waals surface area contributed by atoms with E-state index in [0.29, 0.717) is 0 Å². The molecule has 1 heterocycles. The van der Waals surface area contributed by atoms with Gasteiger partial charge in [0.1, 0.15) is 0 Å². The van der Waals surface area contributed by atoms with Gasteiger partial charge in [0.05, 0.1) is 22.8 Å². The third-order valence-electron chi connectivity index (χ3n) is 6.72. The van der Waals surface area contributed by atoms with Crippen molar-refractivity contribution >= 4 is 11.4 Å². The summed E-state index contributed by atoms with van der Waals surface area (Å²) < 4.78 is 0. The smallest absolute Gasteiger partial charge is 0.0699 e. The first-order valence-electron chi connectivity index (χ1n) is 14.9. The number of nitrogens with zero attached hydrogens (tertiary/aromatic N) is 2. The molecule has 0 unspecified atom stereocenters. The number of rotatable bonds is 6. The van der Waals surface area contributed by atoms with Crippen LogP contribution in [0.5, 0.6) is 0 Å². The van der Waals surface area contributed by atoms with Crippen LogP contribution in [0.2, 0.25) is 0 Å². The lowest BCUT2D eigenvalue weighted by Gasteiger charge is -2.42. The maximum Gasteiger partial charge on any atom is 0.0699 e. The van der Waals surface area contributed by atoms with Crippen molar-refractivity contribution in [1.29, 1.82) is 0 Å². The van der Waals surface area contributed by atoms with E-state index in [1.165, 1.54) is 16.7 Å². The highest BCUT2D eigenvalue weighted by Gasteiger charge is 2.32. The lowest BCUT2D eigenvalue weighted by atomic mass is 10.0. The second-order valence-electron chi connectivity index (χ2n) is 9.51. The highest BCUT2D eigenvalue weighted by molar-refractivity contribution is 5.80. The van der Waals surface area contributed by atoms with E-state index in [2.05, 4.69) is 146 Å². The molecule has 2 heteroatoms. The molecule has 4 aromatic carbocycles. The number of para-hydroxylation sites is 1. The fourth-order valence-corrected chi connectivity index (χ4v) is 4.90. The van der Waals surface area contributed by atoms with Gasteiger partial charge >= 0.3 is 0 Å². The van der Waals surface area contributed by atoms with E-state index in [1.54, 1.807) is 0 Å². The molecule has 1 aliphatic heterocycles. The Hall–Kier alpha value is -5.08. The number of anilines is 2. The first-order valence-corrected chi connectivity index (χ1v) is 14.9. The van der Waals surface area contributed by atoms with E-state index in [-0.39, 0.29) is 0 Å². The van der Waals surface area contributed by atoms with E-state index >= 15 is 0 Å². The van der Waals surface area contributed by atoms with Crippen molar-refractivity contribution in [3.63, 3.8) is 0 Å². The molecule has 0 saturated heterocycles. The first-order chi connectivity index (χ1) is 21.1. The highest BCUT2D eigenvalue weighted by atomic mass is 15.3. The van der Waals surface area contributed by atoms with Crippen LogP contribution in [0.3, 0.4) is 0 Å². The zero-order chi connectivity index (χ0) is 31.0. The largest absolute Gasteiger partial charge is 0.307 e. The summed E-state index contributed by atoms with van der Waals surface area (Å²) in [5, 5.41) is 0. The maximum absolute atomic E-state index is 4.21.